The van der Waals surface area contributed by atoms with E-state index >= 15 is 0 Å². The predicted octanol–water partition coefficient (Wildman–Crippen LogP) is 4.31. The number of aromatic hydroxyl groups is 1. The fourth-order valence-electron chi connectivity index (χ4n) is 1.37. The Kier molecular flexibility index (Phi) is 3.97. The molecule has 0 spiro atoms. The normalized spacial score (nSPS) is 10.2. The van der Waals surface area contributed by atoms with Crippen LogP contribution in [-0.2, 0) is 0 Å². The quantitative estimate of drug-likeness (QED) is 0.915. The molecular formula is C13H11BrO2S. The summed E-state index contributed by atoms with van der Waals surface area (Å²) in [6.45, 7) is 0. The molecule has 0 saturated heterocycles. The van der Waals surface area contributed by atoms with Crippen molar-refractivity contribution in [2.75, 3.05) is 7.11 Å². The lowest BCUT2D eigenvalue weighted by Crippen LogP contribution is -1.83. The summed E-state index contributed by atoms with van der Waals surface area (Å²) in [6.07, 6.45) is 0. The highest BCUT2D eigenvalue weighted by atomic mass is 79.9. The maximum Gasteiger partial charge on any atom is 0.160 e. The first-order valence-corrected chi connectivity index (χ1v) is 6.60. The second-order valence-corrected chi connectivity index (χ2v) is 5.45. The molecule has 1 N–H and O–H groups in total. The van der Waals surface area contributed by atoms with Crippen LogP contribution < -0.4 is 4.74 Å². The Hall–Kier alpha value is -1.13. The average molecular weight is 311 g/mol. The molecule has 2 nitrogen and oxygen atoms in total. The Morgan fingerprint density at radius 3 is 2.29 bits per heavy atom. The van der Waals surface area contributed by atoms with Gasteiger partial charge in [0.1, 0.15) is 0 Å². The van der Waals surface area contributed by atoms with E-state index in [1.165, 1.54) is 7.11 Å². The van der Waals surface area contributed by atoms with Gasteiger partial charge in [-0.25, -0.2) is 0 Å². The lowest BCUT2D eigenvalue weighted by Gasteiger charge is -2.06. The molecule has 2 aromatic rings. The van der Waals surface area contributed by atoms with E-state index in [0.717, 1.165) is 14.3 Å². The molecule has 2 rings (SSSR count). The number of phenolic OH excluding ortho intramolecular Hbond substituents is 1. The van der Waals surface area contributed by atoms with Crippen LogP contribution in [-0.4, -0.2) is 12.2 Å². The van der Waals surface area contributed by atoms with E-state index < -0.39 is 0 Å². The van der Waals surface area contributed by atoms with Crippen molar-refractivity contribution in [3.05, 3.63) is 46.9 Å². The smallest absolute Gasteiger partial charge is 0.160 e. The summed E-state index contributed by atoms with van der Waals surface area (Å²) in [5.74, 6) is 0.653. The largest absolute Gasteiger partial charge is 0.504 e. The van der Waals surface area contributed by atoms with E-state index in [4.69, 9.17) is 4.74 Å². The van der Waals surface area contributed by atoms with Gasteiger partial charge in [-0.05, 0) is 42.5 Å². The fourth-order valence-corrected chi connectivity index (χ4v) is 2.49. The van der Waals surface area contributed by atoms with Crippen LogP contribution in [0.4, 0.5) is 0 Å². The van der Waals surface area contributed by atoms with Crippen LogP contribution in [0.1, 0.15) is 0 Å². The van der Waals surface area contributed by atoms with Gasteiger partial charge in [0, 0.05) is 14.3 Å². The van der Waals surface area contributed by atoms with Gasteiger partial charge in [0.2, 0.25) is 0 Å². The Morgan fingerprint density at radius 2 is 1.71 bits per heavy atom. The molecule has 0 aliphatic rings. The van der Waals surface area contributed by atoms with Crippen molar-refractivity contribution in [1.29, 1.82) is 0 Å². The minimum atomic E-state index is 0.162. The number of halogens is 1. The molecule has 0 bridgehead atoms. The van der Waals surface area contributed by atoms with Crippen LogP contribution in [0.15, 0.2) is 56.7 Å². The Balaban J connectivity index is 2.19. The zero-order valence-electron chi connectivity index (χ0n) is 9.18. The van der Waals surface area contributed by atoms with Gasteiger partial charge < -0.3 is 9.84 Å². The lowest BCUT2D eigenvalue weighted by atomic mass is 10.3. The van der Waals surface area contributed by atoms with E-state index in [1.807, 2.05) is 30.3 Å². The van der Waals surface area contributed by atoms with Gasteiger partial charge in [-0.1, -0.05) is 27.7 Å². The molecular weight excluding hydrogens is 300 g/mol. The van der Waals surface area contributed by atoms with Gasteiger partial charge in [-0.2, -0.15) is 0 Å². The van der Waals surface area contributed by atoms with Gasteiger partial charge in [0.15, 0.2) is 11.5 Å². The number of hydrogen-bond donors (Lipinski definition) is 1. The van der Waals surface area contributed by atoms with Gasteiger partial charge in [0.25, 0.3) is 0 Å². The average Bonchev–Trinajstić information content (AvgIpc) is 2.32. The van der Waals surface area contributed by atoms with Gasteiger partial charge in [-0.3, -0.25) is 0 Å². The lowest BCUT2D eigenvalue weighted by molar-refractivity contribution is 0.372. The molecule has 4 heteroatoms. The molecule has 0 radical (unpaired) electrons. The maximum atomic E-state index is 9.67. The van der Waals surface area contributed by atoms with Gasteiger partial charge in [0.05, 0.1) is 7.11 Å². The van der Waals surface area contributed by atoms with Crippen LogP contribution in [0, 0.1) is 0 Å². The molecule has 0 saturated carbocycles. The van der Waals surface area contributed by atoms with E-state index in [1.54, 1.807) is 23.9 Å². The number of phenols is 1. The zero-order valence-corrected chi connectivity index (χ0v) is 11.6. The highest BCUT2D eigenvalue weighted by molar-refractivity contribution is 9.10. The first-order chi connectivity index (χ1) is 8.19. The molecule has 0 heterocycles. The molecule has 88 valence electrons. The molecule has 17 heavy (non-hydrogen) atoms. The summed E-state index contributed by atoms with van der Waals surface area (Å²) < 4.78 is 6.06. The standard InChI is InChI=1S/C13H11BrO2S/c1-16-13-7-6-11(8-12(13)15)17-10-4-2-9(14)3-5-10/h2-8,15H,1H3. The van der Waals surface area contributed by atoms with Crippen LogP contribution in [0.2, 0.25) is 0 Å². The van der Waals surface area contributed by atoms with Crippen LogP contribution in [0.25, 0.3) is 0 Å². The fraction of sp³-hybridized carbons (Fsp3) is 0.0769. The topological polar surface area (TPSA) is 29.5 Å². The van der Waals surface area contributed by atoms with Crippen molar-refractivity contribution in [1.82, 2.24) is 0 Å². The van der Waals surface area contributed by atoms with E-state index in [2.05, 4.69) is 15.9 Å². The third kappa shape index (κ3) is 3.17. The monoisotopic (exact) mass is 310 g/mol. The Morgan fingerprint density at radius 1 is 1.06 bits per heavy atom. The summed E-state index contributed by atoms with van der Waals surface area (Å²) in [5.41, 5.74) is 0. The molecule has 0 amide bonds. The second-order valence-electron chi connectivity index (χ2n) is 3.39. The van der Waals surface area contributed by atoms with Crippen molar-refractivity contribution in [2.24, 2.45) is 0 Å². The number of methoxy groups -OCH3 is 1. The third-order valence-corrected chi connectivity index (χ3v) is 3.73. The van der Waals surface area contributed by atoms with Crippen molar-refractivity contribution in [3.63, 3.8) is 0 Å². The Labute approximate surface area is 113 Å². The molecule has 0 atom stereocenters. The SMILES string of the molecule is COc1ccc(Sc2ccc(Br)cc2)cc1O. The number of hydrogen-bond acceptors (Lipinski definition) is 3. The van der Waals surface area contributed by atoms with Gasteiger partial charge >= 0.3 is 0 Å². The first-order valence-electron chi connectivity index (χ1n) is 4.99. The van der Waals surface area contributed by atoms with Crippen LogP contribution in [0.5, 0.6) is 11.5 Å². The molecule has 0 unspecified atom stereocenters. The summed E-state index contributed by atoms with van der Waals surface area (Å²) in [5, 5.41) is 9.67. The molecule has 0 aliphatic carbocycles. The Bertz CT molecular complexity index is 511. The van der Waals surface area contributed by atoms with E-state index in [0.29, 0.717) is 5.75 Å². The number of ether oxygens (including phenoxy) is 1. The van der Waals surface area contributed by atoms with E-state index in [-0.39, 0.29) is 5.75 Å². The first kappa shape index (κ1) is 12.3. The third-order valence-electron chi connectivity index (χ3n) is 2.20. The van der Waals surface area contributed by atoms with Crippen molar-refractivity contribution >= 4 is 27.7 Å². The van der Waals surface area contributed by atoms with Crippen molar-refractivity contribution in [3.8, 4) is 11.5 Å². The summed E-state index contributed by atoms with van der Waals surface area (Å²) in [6, 6.07) is 13.4. The highest BCUT2D eigenvalue weighted by Crippen LogP contribution is 2.34. The molecule has 0 aromatic heterocycles. The summed E-state index contributed by atoms with van der Waals surface area (Å²) in [4.78, 5) is 2.10. The highest BCUT2D eigenvalue weighted by Gasteiger charge is 2.03. The maximum absolute atomic E-state index is 9.67. The van der Waals surface area contributed by atoms with Crippen molar-refractivity contribution < 1.29 is 9.84 Å². The van der Waals surface area contributed by atoms with Crippen molar-refractivity contribution in [2.45, 2.75) is 9.79 Å². The molecule has 0 fully saturated rings. The predicted molar refractivity (Wildman–Crippen MR) is 72.9 cm³/mol. The molecule has 0 aliphatic heterocycles. The summed E-state index contributed by atoms with van der Waals surface area (Å²) in [7, 11) is 1.54. The zero-order chi connectivity index (χ0) is 12.3. The van der Waals surface area contributed by atoms with Crippen LogP contribution >= 0.6 is 27.7 Å². The summed E-state index contributed by atoms with van der Waals surface area (Å²) >= 11 is 4.99. The number of benzene rings is 2. The minimum absolute atomic E-state index is 0.162. The molecule has 2 aromatic carbocycles. The number of rotatable bonds is 3. The van der Waals surface area contributed by atoms with Gasteiger partial charge in [-0.15, -0.1) is 0 Å². The second kappa shape index (κ2) is 5.47. The van der Waals surface area contributed by atoms with E-state index in [9.17, 15) is 5.11 Å². The minimum Gasteiger partial charge on any atom is -0.504 e. The van der Waals surface area contributed by atoms with Crippen LogP contribution in [0.3, 0.4) is 0 Å².